The zero-order valence-electron chi connectivity index (χ0n) is 9.45. The van der Waals surface area contributed by atoms with Crippen molar-refractivity contribution in [1.82, 2.24) is 14.7 Å². The molecule has 0 aliphatic carbocycles. The summed E-state index contributed by atoms with van der Waals surface area (Å²) in [6.07, 6.45) is 4.04. The van der Waals surface area contributed by atoms with Gasteiger partial charge >= 0.3 is 0 Å². The molecule has 1 aliphatic heterocycles. The summed E-state index contributed by atoms with van der Waals surface area (Å²) in [5, 5.41) is 4.26. The normalized spacial score (nSPS) is 18.2. The van der Waals surface area contributed by atoms with Crippen molar-refractivity contribution in [3.63, 3.8) is 0 Å². The number of nitrogens with two attached hydrogens (primary N) is 1. The fraction of sp³-hybridized carbons (Fsp3) is 0.727. The molecule has 0 unspecified atom stereocenters. The van der Waals surface area contributed by atoms with Gasteiger partial charge in [0.1, 0.15) is 5.82 Å². The summed E-state index contributed by atoms with van der Waals surface area (Å²) in [5.41, 5.74) is 6.96. The molecule has 0 aromatic carbocycles. The lowest BCUT2D eigenvalue weighted by Gasteiger charge is -2.26. The minimum Gasteiger partial charge on any atom is -0.382 e. The van der Waals surface area contributed by atoms with Crippen molar-refractivity contribution in [2.75, 3.05) is 18.8 Å². The smallest absolute Gasteiger partial charge is 0.145 e. The summed E-state index contributed by atoms with van der Waals surface area (Å²) in [6, 6.07) is 2.00. The highest BCUT2D eigenvalue weighted by Crippen LogP contribution is 2.14. The van der Waals surface area contributed by atoms with E-state index in [9.17, 15) is 0 Å². The van der Waals surface area contributed by atoms with Gasteiger partial charge < -0.3 is 5.73 Å². The second-order valence-corrected chi connectivity index (χ2v) is 4.21. The number of hydrogen-bond acceptors (Lipinski definition) is 3. The van der Waals surface area contributed by atoms with Gasteiger partial charge in [0.25, 0.3) is 0 Å². The maximum Gasteiger partial charge on any atom is 0.145 e. The van der Waals surface area contributed by atoms with Gasteiger partial charge in [-0.3, -0.25) is 9.58 Å². The van der Waals surface area contributed by atoms with Gasteiger partial charge in [-0.15, -0.1) is 0 Å². The number of piperidine rings is 1. The molecule has 1 saturated heterocycles. The van der Waals surface area contributed by atoms with Crippen LogP contribution in [0.4, 0.5) is 5.82 Å². The third-order valence-electron chi connectivity index (χ3n) is 3.02. The Balaban J connectivity index is 2.02. The van der Waals surface area contributed by atoms with E-state index >= 15 is 0 Å². The summed E-state index contributed by atoms with van der Waals surface area (Å²) in [4.78, 5) is 2.49. The Bertz CT molecular complexity index is 312. The Morgan fingerprint density at radius 2 is 2.07 bits per heavy atom. The fourth-order valence-electron chi connectivity index (χ4n) is 2.23. The molecule has 0 atom stereocenters. The van der Waals surface area contributed by atoms with Crippen molar-refractivity contribution >= 4 is 5.82 Å². The first kappa shape index (κ1) is 10.5. The van der Waals surface area contributed by atoms with Gasteiger partial charge in [-0.1, -0.05) is 6.42 Å². The highest BCUT2D eigenvalue weighted by atomic mass is 15.3. The molecule has 1 aromatic heterocycles. The van der Waals surface area contributed by atoms with Crippen LogP contribution in [0.1, 0.15) is 31.9 Å². The number of hydrogen-bond donors (Lipinski definition) is 1. The van der Waals surface area contributed by atoms with Gasteiger partial charge in [0, 0.05) is 19.2 Å². The third-order valence-corrected chi connectivity index (χ3v) is 3.02. The molecule has 2 rings (SSSR count). The number of likely N-dealkylation sites (tertiary alicyclic amines) is 1. The minimum absolute atomic E-state index is 0.642. The van der Waals surface area contributed by atoms with Crippen LogP contribution in [0, 0.1) is 0 Å². The van der Waals surface area contributed by atoms with E-state index in [4.69, 9.17) is 5.73 Å². The molecule has 0 saturated carbocycles. The predicted molar refractivity (Wildman–Crippen MR) is 61.4 cm³/mol. The Labute approximate surface area is 91.1 Å². The lowest BCUT2D eigenvalue weighted by molar-refractivity contribution is 0.215. The van der Waals surface area contributed by atoms with Gasteiger partial charge in [0.2, 0.25) is 0 Å². The molecular weight excluding hydrogens is 188 g/mol. The molecule has 84 valence electrons. The van der Waals surface area contributed by atoms with Gasteiger partial charge in [-0.2, -0.15) is 5.10 Å². The highest BCUT2D eigenvalue weighted by molar-refractivity contribution is 5.29. The monoisotopic (exact) mass is 208 g/mol. The lowest BCUT2D eigenvalue weighted by atomic mass is 10.1. The SMILES string of the molecule is CCn1nc(N)cc1CN1CCCCC1. The predicted octanol–water partition coefficient (Wildman–Crippen LogP) is 1.47. The Morgan fingerprint density at radius 1 is 1.33 bits per heavy atom. The Morgan fingerprint density at radius 3 is 2.73 bits per heavy atom. The second kappa shape index (κ2) is 4.66. The topological polar surface area (TPSA) is 47.1 Å². The molecule has 4 nitrogen and oxygen atoms in total. The van der Waals surface area contributed by atoms with Crippen LogP contribution in [-0.4, -0.2) is 27.8 Å². The summed E-state index contributed by atoms with van der Waals surface area (Å²) >= 11 is 0. The molecule has 2 heterocycles. The quantitative estimate of drug-likeness (QED) is 0.818. The molecule has 2 N–H and O–H groups in total. The average Bonchev–Trinajstić information content (AvgIpc) is 2.60. The second-order valence-electron chi connectivity index (χ2n) is 4.21. The first-order valence-electron chi connectivity index (χ1n) is 5.84. The maximum absolute atomic E-state index is 5.71. The van der Waals surface area contributed by atoms with Crippen LogP contribution in [0.15, 0.2) is 6.07 Å². The molecule has 0 spiro atoms. The van der Waals surface area contributed by atoms with E-state index < -0.39 is 0 Å². The van der Waals surface area contributed by atoms with Crippen molar-refractivity contribution in [2.24, 2.45) is 0 Å². The lowest BCUT2D eigenvalue weighted by Crippen LogP contribution is -2.30. The highest BCUT2D eigenvalue weighted by Gasteiger charge is 2.13. The van der Waals surface area contributed by atoms with Crippen molar-refractivity contribution in [2.45, 2.75) is 39.3 Å². The van der Waals surface area contributed by atoms with Crippen LogP contribution in [0.3, 0.4) is 0 Å². The van der Waals surface area contributed by atoms with E-state index in [1.165, 1.54) is 38.0 Å². The number of anilines is 1. The first-order valence-corrected chi connectivity index (χ1v) is 5.84. The molecule has 1 aliphatic rings. The maximum atomic E-state index is 5.71. The van der Waals surface area contributed by atoms with Crippen molar-refractivity contribution in [3.8, 4) is 0 Å². The zero-order valence-corrected chi connectivity index (χ0v) is 9.45. The number of aryl methyl sites for hydroxylation is 1. The number of nitrogen functional groups attached to an aromatic ring is 1. The van der Waals surface area contributed by atoms with Crippen LogP contribution in [-0.2, 0) is 13.1 Å². The molecule has 4 heteroatoms. The van der Waals surface area contributed by atoms with Gasteiger partial charge in [-0.25, -0.2) is 0 Å². The van der Waals surface area contributed by atoms with Crippen LogP contribution in [0.5, 0.6) is 0 Å². The largest absolute Gasteiger partial charge is 0.382 e. The van der Waals surface area contributed by atoms with Gasteiger partial charge in [-0.05, 0) is 32.9 Å². The Kier molecular flexibility index (Phi) is 3.26. The number of nitrogens with zero attached hydrogens (tertiary/aromatic N) is 3. The first-order chi connectivity index (χ1) is 7.29. The van der Waals surface area contributed by atoms with E-state index in [0.717, 1.165) is 13.1 Å². The van der Waals surface area contributed by atoms with E-state index in [0.29, 0.717) is 5.82 Å². The number of aromatic nitrogens is 2. The standard InChI is InChI=1S/C11H20N4/c1-2-15-10(8-11(12)13-15)9-14-6-4-3-5-7-14/h8H,2-7,9H2,1H3,(H2,12,13). The summed E-state index contributed by atoms with van der Waals surface area (Å²) < 4.78 is 2.00. The number of rotatable bonds is 3. The summed E-state index contributed by atoms with van der Waals surface area (Å²) in [6.45, 7) is 6.44. The van der Waals surface area contributed by atoms with Crippen molar-refractivity contribution < 1.29 is 0 Å². The molecule has 1 aromatic rings. The molecule has 15 heavy (non-hydrogen) atoms. The van der Waals surface area contributed by atoms with Crippen LogP contribution in [0.25, 0.3) is 0 Å². The van der Waals surface area contributed by atoms with E-state index in [1.54, 1.807) is 0 Å². The summed E-state index contributed by atoms with van der Waals surface area (Å²) in [7, 11) is 0. The van der Waals surface area contributed by atoms with Crippen LogP contribution >= 0.6 is 0 Å². The summed E-state index contributed by atoms with van der Waals surface area (Å²) in [5.74, 6) is 0.642. The third kappa shape index (κ3) is 2.50. The molecular formula is C11H20N4. The molecule has 0 bridgehead atoms. The van der Waals surface area contributed by atoms with Crippen LogP contribution in [0.2, 0.25) is 0 Å². The van der Waals surface area contributed by atoms with E-state index in [-0.39, 0.29) is 0 Å². The van der Waals surface area contributed by atoms with E-state index in [2.05, 4.69) is 16.9 Å². The van der Waals surface area contributed by atoms with Crippen molar-refractivity contribution in [1.29, 1.82) is 0 Å². The molecule has 1 fully saturated rings. The van der Waals surface area contributed by atoms with Crippen molar-refractivity contribution in [3.05, 3.63) is 11.8 Å². The molecule has 0 amide bonds. The van der Waals surface area contributed by atoms with E-state index in [1.807, 2.05) is 10.7 Å². The van der Waals surface area contributed by atoms with Gasteiger partial charge in [0.15, 0.2) is 0 Å². The van der Waals surface area contributed by atoms with Gasteiger partial charge in [0.05, 0.1) is 5.69 Å². The van der Waals surface area contributed by atoms with Crippen LogP contribution < -0.4 is 5.73 Å². The Hall–Kier alpha value is -1.03. The molecule has 0 radical (unpaired) electrons. The average molecular weight is 208 g/mol. The minimum atomic E-state index is 0.642. The fourth-order valence-corrected chi connectivity index (χ4v) is 2.23. The zero-order chi connectivity index (χ0) is 10.7.